The van der Waals surface area contributed by atoms with Gasteiger partial charge in [-0.3, -0.25) is 9.69 Å². The van der Waals surface area contributed by atoms with Crippen LogP contribution in [0.2, 0.25) is 0 Å². The fourth-order valence-electron chi connectivity index (χ4n) is 4.17. The number of amides is 1. The third-order valence-corrected chi connectivity index (χ3v) is 5.67. The Bertz CT molecular complexity index is 537. The number of hydrogen-bond donors (Lipinski definition) is 0. The smallest absolute Gasteiger partial charge is 0.239 e. The van der Waals surface area contributed by atoms with Crippen molar-refractivity contribution in [3.8, 4) is 0 Å². The Morgan fingerprint density at radius 3 is 2.46 bits per heavy atom. The molecule has 1 unspecified atom stereocenters. The zero-order chi connectivity index (χ0) is 16.9. The molecule has 0 aromatic heterocycles. The van der Waals surface area contributed by atoms with E-state index in [1.807, 2.05) is 12.1 Å². The Labute approximate surface area is 144 Å². The normalized spacial score (nSPS) is 23.4. The number of rotatable bonds is 4. The third kappa shape index (κ3) is 4.15. The van der Waals surface area contributed by atoms with E-state index in [0.717, 1.165) is 51.9 Å². The minimum absolute atomic E-state index is 0.109. The van der Waals surface area contributed by atoms with Gasteiger partial charge in [-0.25, -0.2) is 4.39 Å². The topological polar surface area (TPSA) is 23.6 Å². The van der Waals surface area contributed by atoms with Crippen molar-refractivity contribution in [3.63, 3.8) is 0 Å². The molecule has 0 spiro atoms. The van der Waals surface area contributed by atoms with Gasteiger partial charge in [-0.1, -0.05) is 25.5 Å². The number of nitrogens with zero attached hydrogens (tertiary/aromatic N) is 2. The van der Waals surface area contributed by atoms with Crippen LogP contribution in [0, 0.1) is 11.7 Å². The summed E-state index contributed by atoms with van der Waals surface area (Å²) in [7, 11) is 0. The molecule has 1 aromatic rings. The summed E-state index contributed by atoms with van der Waals surface area (Å²) < 4.78 is 13.0. The van der Waals surface area contributed by atoms with Crippen LogP contribution in [0.25, 0.3) is 0 Å². The Kier molecular flexibility index (Phi) is 5.88. The predicted molar refractivity (Wildman–Crippen MR) is 94.3 cm³/mol. The van der Waals surface area contributed by atoms with Crippen LogP contribution in [-0.4, -0.2) is 47.9 Å². The molecule has 2 saturated heterocycles. The van der Waals surface area contributed by atoms with Gasteiger partial charge < -0.3 is 4.90 Å². The second-order valence-corrected chi connectivity index (χ2v) is 7.24. The molecule has 2 aliphatic rings. The third-order valence-electron chi connectivity index (χ3n) is 5.67. The highest BCUT2D eigenvalue weighted by Crippen LogP contribution is 2.25. The van der Waals surface area contributed by atoms with Gasteiger partial charge in [0.15, 0.2) is 0 Å². The second kappa shape index (κ2) is 8.11. The maximum atomic E-state index is 13.0. The molecular weight excluding hydrogens is 303 g/mol. The molecule has 3 nitrogen and oxygen atoms in total. The lowest BCUT2D eigenvalue weighted by Crippen LogP contribution is -2.52. The number of hydrogen-bond acceptors (Lipinski definition) is 2. The Morgan fingerprint density at radius 1 is 1.08 bits per heavy atom. The zero-order valence-corrected chi connectivity index (χ0v) is 14.7. The van der Waals surface area contributed by atoms with Gasteiger partial charge >= 0.3 is 0 Å². The van der Waals surface area contributed by atoms with Crippen LogP contribution >= 0.6 is 0 Å². The van der Waals surface area contributed by atoms with Gasteiger partial charge in [-0.15, -0.1) is 0 Å². The summed E-state index contributed by atoms with van der Waals surface area (Å²) in [5.74, 6) is 0.775. The molecule has 0 aliphatic carbocycles. The lowest BCUT2D eigenvalue weighted by molar-refractivity contribution is -0.139. The lowest BCUT2D eigenvalue weighted by atomic mass is 9.89. The molecule has 24 heavy (non-hydrogen) atoms. The van der Waals surface area contributed by atoms with Crippen LogP contribution in [-0.2, 0) is 11.2 Å². The van der Waals surface area contributed by atoms with Gasteiger partial charge in [0.05, 0.1) is 6.04 Å². The number of likely N-dealkylation sites (tertiary alicyclic amines) is 2. The van der Waals surface area contributed by atoms with Crippen LogP contribution in [0.3, 0.4) is 0 Å². The fourth-order valence-corrected chi connectivity index (χ4v) is 4.17. The molecule has 0 N–H and O–H groups in total. The van der Waals surface area contributed by atoms with Crippen molar-refractivity contribution in [1.82, 2.24) is 9.80 Å². The summed E-state index contributed by atoms with van der Waals surface area (Å²) in [6, 6.07) is 6.95. The van der Waals surface area contributed by atoms with Crippen LogP contribution in [0.4, 0.5) is 4.39 Å². The maximum absolute atomic E-state index is 13.0. The van der Waals surface area contributed by atoms with E-state index in [9.17, 15) is 9.18 Å². The second-order valence-electron chi connectivity index (χ2n) is 7.24. The largest absolute Gasteiger partial charge is 0.341 e. The van der Waals surface area contributed by atoms with E-state index in [-0.39, 0.29) is 11.9 Å². The first-order valence-electron chi connectivity index (χ1n) is 9.44. The average Bonchev–Trinajstić information content (AvgIpc) is 2.63. The Balaban J connectivity index is 1.50. The molecule has 1 amide bonds. The van der Waals surface area contributed by atoms with E-state index in [4.69, 9.17) is 0 Å². The molecule has 0 saturated carbocycles. The number of benzene rings is 1. The average molecular weight is 332 g/mol. The van der Waals surface area contributed by atoms with E-state index >= 15 is 0 Å². The van der Waals surface area contributed by atoms with Crippen LogP contribution in [0.15, 0.2) is 24.3 Å². The van der Waals surface area contributed by atoms with Crippen LogP contribution in [0.5, 0.6) is 0 Å². The molecule has 2 heterocycles. The first-order valence-corrected chi connectivity index (χ1v) is 9.44. The Hall–Kier alpha value is -1.42. The summed E-state index contributed by atoms with van der Waals surface area (Å²) >= 11 is 0. The summed E-state index contributed by atoms with van der Waals surface area (Å²) in [5, 5.41) is 0. The lowest BCUT2D eigenvalue weighted by Gasteiger charge is -2.39. The molecule has 1 aromatic carbocycles. The SMILES string of the molecule is CCN1CCCCC1C(=O)N1CCC(Cc2ccc(F)cc2)CC1. The van der Waals surface area contributed by atoms with Gasteiger partial charge in [-0.2, -0.15) is 0 Å². The summed E-state index contributed by atoms with van der Waals surface area (Å²) in [5.41, 5.74) is 1.20. The summed E-state index contributed by atoms with van der Waals surface area (Å²) in [6.07, 6.45) is 6.52. The standard InChI is InChI=1S/C20H29FN2O/c1-2-22-12-4-3-5-19(22)20(24)23-13-10-17(11-14-23)15-16-6-8-18(21)9-7-16/h6-9,17,19H,2-5,10-15H2,1H3. The van der Waals surface area contributed by atoms with Crippen molar-refractivity contribution in [1.29, 1.82) is 0 Å². The number of halogens is 1. The van der Waals surface area contributed by atoms with Crippen molar-refractivity contribution in [2.45, 2.75) is 51.5 Å². The molecule has 0 bridgehead atoms. The number of carbonyl (C=O) groups excluding carboxylic acids is 1. The molecule has 2 fully saturated rings. The highest BCUT2D eigenvalue weighted by Gasteiger charge is 2.32. The van der Waals surface area contributed by atoms with E-state index < -0.39 is 0 Å². The van der Waals surface area contributed by atoms with Gasteiger partial charge in [0.1, 0.15) is 5.82 Å². The monoisotopic (exact) mass is 332 g/mol. The molecule has 4 heteroatoms. The zero-order valence-electron chi connectivity index (χ0n) is 14.7. The molecule has 1 atom stereocenters. The predicted octanol–water partition coefficient (Wildman–Crippen LogP) is 3.48. The van der Waals surface area contributed by atoms with Crippen molar-refractivity contribution in [2.75, 3.05) is 26.2 Å². The first kappa shape index (κ1) is 17.4. The molecule has 0 radical (unpaired) electrons. The first-order chi connectivity index (χ1) is 11.7. The Morgan fingerprint density at radius 2 is 1.79 bits per heavy atom. The fraction of sp³-hybridized carbons (Fsp3) is 0.650. The van der Waals surface area contributed by atoms with Crippen molar-refractivity contribution >= 4 is 5.91 Å². The number of carbonyl (C=O) groups is 1. The van der Waals surface area contributed by atoms with Gasteiger partial charge in [0, 0.05) is 13.1 Å². The summed E-state index contributed by atoms with van der Waals surface area (Å²) in [6.45, 7) is 5.93. The molecule has 2 aliphatic heterocycles. The van der Waals surface area contributed by atoms with Gasteiger partial charge in [0.25, 0.3) is 0 Å². The highest BCUT2D eigenvalue weighted by molar-refractivity contribution is 5.82. The van der Waals surface area contributed by atoms with E-state index in [1.54, 1.807) is 0 Å². The van der Waals surface area contributed by atoms with Crippen molar-refractivity contribution in [2.24, 2.45) is 5.92 Å². The van der Waals surface area contributed by atoms with Crippen molar-refractivity contribution in [3.05, 3.63) is 35.6 Å². The van der Waals surface area contributed by atoms with E-state index in [1.165, 1.54) is 30.5 Å². The van der Waals surface area contributed by atoms with Gasteiger partial charge in [-0.05, 0) is 68.8 Å². The molecule has 132 valence electrons. The minimum Gasteiger partial charge on any atom is -0.341 e. The van der Waals surface area contributed by atoms with E-state index in [0.29, 0.717) is 11.8 Å². The van der Waals surface area contributed by atoms with Gasteiger partial charge in [0.2, 0.25) is 5.91 Å². The van der Waals surface area contributed by atoms with Crippen LogP contribution in [0.1, 0.15) is 44.6 Å². The highest BCUT2D eigenvalue weighted by atomic mass is 19.1. The quantitative estimate of drug-likeness (QED) is 0.843. The maximum Gasteiger partial charge on any atom is 0.239 e. The minimum atomic E-state index is -0.174. The number of likely N-dealkylation sites (N-methyl/N-ethyl adjacent to an activating group) is 1. The molecule has 3 rings (SSSR count). The van der Waals surface area contributed by atoms with Crippen molar-refractivity contribution < 1.29 is 9.18 Å². The molecular formula is C20H29FN2O. The van der Waals surface area contributed by atoms with E-state index in [2.05, 4.69) is 16.7 Å². The van der Waals surface area contributed by atoms with Crippen LogP contribution < -0.4 is 0 Å². The number of piperidine rings is 2. The summed E-state index contributed by atoms with van der Waals surface area (Å²) in [4.78, 5) is 17.3.